The van der Waals surface area contributed by atoms with E-state index in [2.05, 4.69) is 24.7 Å². The number of aromatic nitrogens is 2. The van der Waals surface area contributed by atoms with Crippen molar-refractivity contribution in [3.63, 3.8) is 0 Å². The number of carbonyl (C=O) groups is 1. The summed E-state index contributed by atoms with van der Waals surface area (Å²) in [5, 5.41) is 0. The molecule has 24 heavy (non-hydrogen) atoms. The van der Waals surface area contributed by atoms with Gasteiger partial charge in [0, 0.05) is 24.1 Å². The van der Waals surface area contributed by atoms with E-state index in [0.29, 0.717) is 24.4 Å². The molecule has 0 atom stereocenters. The van der Waals surface area contributed by atoms with Crippen LogP contribution in [0.1, 0.15) is 18.4 Å². The summed E-state index contributed by atoms with van der Waals surface area (Å²) >= 11 is 0. The minimum Gasteiger partial charge on any atom is -0.454 e. The highest BCUT2D eigenvalue weighted by Crippen LogP contribution is 2.26. The first kappa shape index (κ1) is 17.5. The van der Waals surface area contributed by atoms with Crippen molar-refractivity contribution in [1.82, 2.24) is 9.55 Å². The van der Waals surface area contributed by atoms with Gasteiger partial charge in [-0.3, -0.25) is 0 Å². The first-order chi connectivity index (χ1) is 11.6. The average Bonchev–Trinajstić information content (AvgIpc) is 2.91. The van der Waals surface area contributed by atoms with Gasteiger partial charge in [-0.1, -0.05) is 49.1 Å². The summed E-state index contributed by atoms with van der Waals surface area (Å²) < 4.78 is 7.30. The normalized spacial score (nSPS) is 10.2. The van der Waals surface area contributed by atoms with Gasteiger partial charge in [-0.25, -0.2) is 9.78 Å². The van der Waals surface area contributed by atoms with Crippen LogP contribution in [-0.2, 0) is 29.1 Å². The number of allylic oxidation sites excluding steroid dienone is 2. The molecule has 0 aliphatic heterocycles. The van der Waals surface area contributed by atoms with Gasteiger partial charge in [-0.05, 0) is 6.92 Å². The zero-order valence-corrected chi connectivity index (χ0v) is 14.0. The average molecular weight is 322 g/mol. The molecule has 2 aromatic rings. The van der Waals surface area contributed by atoms with Crippen molar-refractivity contribution in [2.24, 2.45) is 0 Å². The van der Waals surface area contributed by atoms with Crippen LogP contribution in [0.4, 0.5) is 0 Å². The van der Waals surface area contributed by atoms with E-state index in [-0.39, 0.29) is 6.61 Å². The van der Waals surface area contributed by atoms with E-state index in [1.54, 1.807) is 13.0 Å². The maximum Gasteiger partial charge on any atom is 0.333 e. The Labute approximate surface area is 142 Å². The van der Waals surface area contributed by atoms with Gasteiger partial charge < -0.3 is 9.30 Å². The molecule has 0 amide bonds. The molecule has 0 aliphatic carbocycles. The molecule has 1 heterocycles. The van der Waals surface area contributed by atoms with E-state index in [1.165, 1.54) is 0 Å². The minimum atomic E-state index is -0.422. The molecule has 4 nitrogen and oxygen atoms in total. The predicted octanol–water partition coefficient (Wildman–Crippen LogP) is 4.08. The monoisotopic (exact) mass is 322 g/mol. The highest BCUT2D eigenvalue weighted by molar-refractivity contribution is 5.86. The maximum absolute atomic E-state index is 11.7. The molecule has 0 radical (unpaired) electrons. The highest BCUT2D eigenvalue weighted by atomic mass is 16.5. The quantitative estimate of drug-likeness (QED) is 0.418. The number of rotatable bonds is 8. The summed E-state index contributed by atoms with van der Waals surface area (Å²) in [6, 6.07) is 10.0. The Morgan fingerprint density at radius 1 is 1.25 bits per heavy atom. The second kappa shape index (κ2) is 8.11. The molecular formula is C20H22N2O2. The van der Waals surface area contributed by atoms with Gasteiger partial charge in [-0.15, -0.1) is 13.2 Å². The van der Waals surface area contributed by atoms with Gasteiger partial charge in [0.15, 0.2) is 0 Å². The number of hydrogen-bond donors (Lipinski definition) is 0. The third-order valence-corrected chi connectivity index (χ3v) is 3.50. The lowest BCUT2D eigenvalue weighted by atomic mass is 10.1. The van der Waals surface area contributed by atoms with Crippen LogP contribution in [0.25, 0.3) is 11.3 Å². The summed E-state index contributed by atoms with van der Waals surface area (Å²) in [7, 11) is 0. The van der Waals surface area contributed by atoms with E-state index in [0.717, 1.165) is 17.0 Å². The Balaban J connectivity index is 2.47. The summed E-state index contributed by atoms with van der Waals surface area (Å²) in [5.41, 5.74) is 3.32. The van der Waals surface area contributed by atoms with E-state index in [9.17, 15) is 4.79 Å². The lowest BCUT2D eigenvalue weighted by Gasteiger charge is -2.11. The second-order valence-electron chi connectivity index (χ2n) is 5.44. The van der Waals surface area contributed by atoms with Crippen molar-refractivity contribution >= 4 is 5.97 Å². The van der Waals surface area contributed by atoms with Gasteiger partial charge in [0.05, 0.1) is 11.4 Å². The van der Waals surface area contributed by atoms with Gasteiger partial charge in [0.1, 0.15) is 12.4 Å². The lowest BCUT2D eigenvalue weighted by Crippen LogP contribution is -2.10. The Morgan fingerprint density at radius 3 is 2.54 bits per heavy atom. The van der Waals surface area contributed by atoms with Crippen LogP contribution in [0.3, 0.4) is 0 Å². The number of benzene rings is 1. The van der Waals surface area contributed by atoms with Crippen LogP contribution in [0.2, 0.25) is 0 Å². The third-order valence-electron chi connectivity index (χ3n) is 3.50. The summed E-state index contributed by atoms with van der Waals surface area (Å²) in [6.45, 7) is 13.5. The van der Waals surface area contributed by atoms with E-state index in [4.69, 9.17) is 4.74 Å². The molecule has 0 saturated heterocycles. The number of esters is 1. The number of carbonyl (C=O) groups excluding carboxylic acids is 1. The van der Waals surface area contributed by atoms with Crippen LogP contribution in [0, 0.1) is 0 Å². The molecule has 0 fully saturated rings. The van der Waals surface area contributed by atoms with Crippen molar-refractivity contribution in [1.29, 1.82) is 0 Å². The van der Waals surface area contributed by atoms with Crippen LogP contribution >= 0.6 is 0 Å². The third kappa shape index (κ3) is 3.90. The largest absolute Gasteiger partial charge is 0.454 e. The maximum atomic E-state index is 11.7. The molecule has 0 aliphatic rings. The number of nitrogens with zero attached hydrogens (tertiary/aromatic N) is 2. The zero-order valence-electron chi connectivity index (χ0n) is 14.0. The Hall–Kier alpha value is -2.88. The molecule has 4 heteroatoms. The van der Waals surface area contributed by atoms with Gasteiger partial charge in [0.2, 0.25) is 0 Å². The van der Waals surface area contributed by atoms with Crippen molar-refractivity contribution in [3.05, 3.63) is 79.3 Å². The molecule has 1 aromatic carbocycles. The van der Waals surface area contributed by atoms with Crippen LogP contribution in [0.5, 0.6) is 0 Å². The SMILES string of the molecule is C=CCc1nc(COC(=O)C(=C)C)n(CC=C)c1-c1ccccc1. The minimum absolute atomic E-state index is 0.0938. The van der Waals surface area contributed by atoms with Crippen LogP contribution in [0.15, 0.2) is 67.8 Å². The van der Waals surface area contributed by atoms with Crippen molar-refractivity contribution < 1.29 is 9.53 Å². The van der Waals surface area contributed by atoms with Gasteiger partial charge in [-0.2, -0.15) is 0 Å². The number of hydrogen-bond acceptors (Lipinski definition) is 3. The summed E-state index contributed by atoms with van der Waals surface area (Å²) in [5.74, 6) is 0.259. The molecule has 0 N–H and O–H groups in total. The molecular weight excluding hydrogens is 300 g/mol. The summed E-state index contributed by atoms with van der Waals surface area (Å²) in [6.07, 6.45) is 4.25. The zero-order chi connectivity index (χ0) is 17.5. The summed E-state index contributed by atoms with van der Waals surface area (Å²) in [4.78, 5) is 16.3. The fourth-order valence-electron chi connectivity index (χ4n) is 2.44. The number of imidazole rings is 1. The molecule has 0 spiro atoms. The van der Waals surface area contributed by atoms with Crippen LogP contribution < -0.4 is 0 Å². The molecule has 0 unspecified atom stereocenters. The molecule has 2 rings (SSSR count). The van der Waals surface area contributed by atoms with Gasteiger partial charge in [0.25, 0.3) is 0 Å². The van der Waals surface area contributed by atoms with Crippen molar-refractivity contribution in [2.45, 2.75) is 26.5 Å². The Morgan fingerprint density at radius 2 is 1.96 bits per heavy atom. The van der Waals surface area contributed by atoms with E-state index in [1.807, 2.05) is 41.0 Å². The number of ether oxygens (including phenoxy) is 1. The molecule has 0 saturated carbocycles. The highest BCUT2D eigenvalue weighted by Gasteiger charge is 2.18. The van der Waals surface area contributed by atoms with E-state index >= 15 is 0 Å². The van der Waals surface area contributed by atoms with Crippen LogP contribution in [-0.4, -0.2) is 15.5 Å². The standard InChI is InChI=1S/C20H22N2O2/c1-5-10-17-19(16-11-8-7-9-12-16)22(13-6-2)18(21-17)14-24-20(23)15(3)4/h5-9,11-12H,1-3,10,13-14H2,4H3. The van der Waals surface area contributed by atoms with E-state index < -0.39 is 5.97 Å². The lowest BCUT2D eigenvalue weighted by molar-refractivity contribution is -0.140. The molecule has 1 aromatic heterocycles. The van der Waals surface area contributed by atoms with Crippen molar-refractivity contribution in [2.75, 3.05) is 0 Å². The van der Waals surface area contributed by atoms with Gasteiger partial charge >= 0.3 is 5.97 Å². The molecule has 0 bridgehead atoms. The fraction of sp³-hybridized carbons (Fsp3) is 0.200. The van der Waals surface area contributed by atoms with Crippen molar-refractivity contribution in [3.8, 4) is 11.3 Å². The smallest absolute Gasteiger partial charge is 0.333 e. The predicted molar refractivity (Wildman–Crippen MR) is 96.4 cm³/mol. The second-order valence-corrected chi connectivity index (χ2v) is 5.44. The topological polar surface area (TPSA) is 44.1 Å². The first-order valence-electron chi connectivity index (χ1n) is 7.76. The molecule has 124 valence electrons. The Bertz CT molecular complexity index is 757. The first-order valence-corrected chi connectivity index (χ1v) is 7.76. The Kier molecular flexibility index (Phi) is 5.90. The fourth-order valence-corrected chi connectivity index (χ4v) is 2.44.